The van der Waals surface area contributed by atoms with Gasteiger partial charge in [0.1, 0.15) is 5.37 Å². The molecule has 2 aromatic carbocycles. The van der Waals surface area contributed by atoms with Crippen molar-refractivity contribution >= 4 is 28.3 Å². The largest absolute Gasteiger partial charge is 0.304 e. The van der Waals surface area contributed by atoms with Crippen molar-refractivity contribution in [3.05, 3.63) is 77.1 Å². The predicted molar refractivity (Wildman–Crippen MR) is 110 cm³/mol. The first-order valence-corrected chi connectivity index (χ1v) is 10.2. The lowest BCUT2D eigenvalue weighted by Crippen LogP contribution is -2.16. The maximum absolute atomic E-state index is 4.37. The molecule has 1 N–H and O–H groups in total. The molecule has 0 aliphatic carbocycles. The normalized spacial score (nSPS) is 15.7. The third-order valence-corrected chi connectivity index (χ3v) is 6.18. The molecule has 1 aliphatic rings. The Morgan fingerprint density at radius 3 is 2.83 bits per heavy atom. The number of aryl methyl sites for hydroxylation is 1. The van der Waals surface area contributed by atoms with Gasteiger partial charge in [0.2, 0.25) is 5.16 Å². The number of pyridine rings is 1. The predicted octanol–water partition coefficient (Wildman–Crippen LogP) is 3.12. The summed E-state index contributed by atoms with van der Waals surface area (Å²) in [5.41, 5.74) is 8.68. The second-order valence-electron chi connectivity index (χ2n) is 7.10. The van der Waals surface area contributed by atoms with Crippen molar-refractivity contribution in [1.29, 1.82) is 0 Å². The van der Waals surface area contributed by atoms with Gasteiger partial charge in [-0.2, -0.15) is 4.52 Å². The molecule has 0 spiro atoms. The lowest BCUT2D eigenvalue weighted by atomic mass is 10.1. The molecule has 1 atom stereocenters. The average molecular weight is 400 g/mol. The lowest BCUT2D eigenvalue weighted by Gasteiger charge is -2.14. The van der Waals surface area contributed by atoms with Crippen molar-refractivity contribution < 1.29 is 0 Å². The van der Waals surface area contributed by atoms with Gasteiger partial charge < -0.3 is 5.43 Å². The molecule has 0 amide bonds. The van der Waals surface area contributed by atoms with Crippen LogP contribution < -0.4 is 5.43 Å². The molecule has 4 heterocycles. The van der Waals surface area contributed by atoms with E-state index in [1.54, 1.807) is 16.3 Å². The molecule has 142 valence electrons. The van der Waals surface area contributed by atoms with Gasteiger partial charge in [0.05, 0.1) is 5.52 Å². The van der Waals surface area contributed by atoms with Crippen LogP contribution in [0, 0.1) is 6.92 Å². The SMILES string of the molecule is Cc1ccc2c(c1)cc(C1Nn3c(Cc4ccccc4)nnc3S1)c1nnnn12. The van der Waals surface area contributed by atoms with Crippen molar-refractivity contribution in [3.8, 4) is 0 Å². The highest BCUT2D eigenvalue weighted by atomic mass is 32.2. The fourth-order valence-corrected chi connectivity index (χ4v) is 4.74. The molecule has 0 saturated heterocycles. The molecular weight excluding hydrogens is 384 g/mol. The highest BCUT2D eigenvalue weighted by molar-refractivity contribution is 7.99. The fourth-order valence-electron chi connectivity index (χ4n) is 3.72. The number of tetrazole rings is 1. The first-order chi connectivity index (χ1) is 14.3. The van der Waals surface area contributed by atoms with E-state index < -0.39 is 0 Å². The average Bonchev–Trinajstić information content (AvgIpc) is 3.45. The summed E-state index contributed by atoms with van der Waals surface area (Å²) in [6, 6.07) is 18.7. The molecule has 1 unspecified atom stereocenters. The van der Waals surface area contributed by atoms with E-state index in [9.17, 15) is 0 Å². The number of hydrogen-bond donors (Lipinski definition) is 1. The van der Waals surface area contributed by atoms with Crippen molar-refractivity contribution in [2.75, 3.05) is 5.43 Å². The molecule has 0 bridgehead atoms. The van der Waals surface area contributed by atoms with Gasteiger partial charge in [0.25, 0.3) is 0 Å². The summed E-state index contributed by atoms with van der Waals surface area (Å²) in [7, 11) is 0. The van der Waals surface area contributed by atoms with E-state index in [0.717, 1.165) is 33.1 Å². The van der Waals surface area contributed by atoms with Gasteiger partial charge in [0, 0.05) is 17.4 Å². The van der Waals surface area contributed by atoms with Crippen LogP contribution in [-0.4, -0.2) is 34.9 Å². The van der Waals surface area contributed by atoms with Crippen LogP contribution in [0.1, 0.15) is 27.9 Å². The molecule has 0 radical (unpaired) electrons. The Labute approximate surface area is 169 Å². The number of rotatable bonds is 3. The molecule has 3 aromatic heterocycles. The van der Waals surface area contributed by atoms with Gasteiger partial charge in [-0.25, -0.2) is 4.68 Å². The van der Waals surface area contributed by atoms with E-state index in [1.807, 2.05) is 22.9 Å². The van der Waals surface area contributed by atoms with Crippen LogP contribution in [0.4, 0.5) is 0 Å². The second-order valence-corrected chi connectivity index (χ2v) is 8.17. The summed E-state index contributed by atoms with van der Waals surface area (Å²) < 4.78 is 3.78. The van der Waals surface area contributed by atoms with E-state index in [2.05, 4.69) is 74.5 Å². The van der Waals surface area contributed by atoms with Gasteiger partial charge >= 0.3 is 0 Å². The maximum Gasteiger partial charge on any atom is 0.212 e. The summed E-state index contributed by atoms with van der Waals surface area (Å²) in [5, 5.41) is 23.0. The molecule has 29 heavy (non-hydrogen) atoms. The highest BCUT2D eigenvalue weighted by Gasteiger charge is 2.30. The van der Waals surface area contributed by atoms with Crippen molar-refractivity contribution in [3.63, 3.8) is 0 Å². The number of benzene rings is 2. The summed E-state index contributed by atoms with van der Waals surface area (Å²) in [6.07, 6.45) is 0.715. The Morgan fingerprint density at radius 2 is 1.93 bits per heavy atom. The molecular formula is C20H16N8S. The minimum Gasteiger partial charge on any atom is -0.304 e. The Balaban J connectivity index is 1.40. The number of hydrogen-bond acceptors (Lipinski definition) is 7. The van der Waals surface area contributed by atoms with Crippen molar-refractivity contribution in [1.82, 2.24) is 34.9 Å². The van der Waals surface area contributed by atoms with Gasteiger partial charge in [-0.15, -0.1) is 15.3 Å². The van der Waals surface area contributed by atoms with E-state index in [-0.39, 0.29) is 5.37 Å². The van der Waals surface area contributed by atoms with Crippen LogP contribution in [-0.2, 0) is 6.42 Å². The van der Waals surface area contributed by atoms with Crippen molar-refractivity contribution in [2.24, 2.45) is 0 Å². The van der Waals surface area contributed by atoms with E-state index in [4.69, 9.17) is 0 Å². The molecule has 9 heteroatoms. The van der Waals surface area contributed by atoms with E-state index in [0.29, 0.717) is 6.42 Å². The third-order valence-electron chi connectivity index (χ3n) is 5.11. The Kier molecular flexibility index (Phi) is 3.57. The topological polar surface area (TPSA) is 85.8 Å². The standard InChI is InChI=1S/C20H16N8S/c1-12-7-8-16-14(9-12)11-15(18-22-25-26-27(16)18)19-24-28-17(21-23-20(28)29-19)10-13-5-3-2-4-6-13/h2-9,11,19,24H,10H2,1H3. The maximum atomic E-state index is 4.37. The Bertz CT molecular complexity index is 1360. The molecule has 0 saturated carbocycles. The van der Waals surface area contributed by atoms with Crippen molar-refractivity contribution in [2.45, 2.75) is 23.9 Å². The van der Waals surface area contributed by atoms with Crippen LogP contribution >= 0.6 is 11.8 Å². The first kappa shape index (κ1) is 16.5. The minimum absolute atomic E-state index is 0.0477. The van der Waals surface area contributed by atoms with Gasteiger partial charge in [-0.1, -0.05) is 53.7 Å². The van der Waals surface area contributed by atoms with E-state index in [1.165, 1.54) is 11.1 Å². The van der Waals surface area contributed by atoms with Crippen LogP contribution in [0.2, 0.25) is 0 Å². The molecule has 8 nitrogen and oxygen atoms in total. The smallest absolute Gasteiger partial charge is 0.212 e. The number of thioether (sulfide) groups is 1. The third kappa shape index (κ3) is 2.65. The highest BCUT2D eigenvalue weighted by Crippen LogP contribution is 2.40. The molecule has 5 aromatic rings. The zero-order valence-electron chi connectivity index (χ0n) is 15.5. The molecule has 1 aliphatic heterocycles. The quantitative estimate of drug-likeness (QED) is 0.498. The summed E-state index contributed by atoms with van der Waals surface area (Å²) in [5.74, 6) is 0.883. The van der Waals surface area contributed by atoms with Crippen LogP contribution in [0.5, 0.6) is 0 Å². The zero-order valence-corrected chi connectivity index (χ0v) is 16.3. The zero-order chi connectivity index (χ0) is 19.4. The fraction of sp³-hybridized carbons (Fsp3) is 0.150. The van der Waals surface area contributed by atoms with Crippen LogP contribution in [0.25, 0.3) is 16.6 Å². The molecule has 6 rings (SSSR count). The lowest BCUT2D eigenvalue weighted by molar-refractivity contribution is 0.746. The van der Waals surface area contributed by atoms with Gasteiger partial charge in [-0.3, -0.25) is 0 Å². The Morgan fingerprint density at radius 1 is 1.03 bits per heavy atom. The summed E-state index contributed by atoms with van der Waals surface area (Å²) in [4.78, 5) is 0. The summed E-state index contributed by atoms with van der Waals surface area (Å²) in [6.45, 7) is 2.09. The van der Waals surface area contributed by atoms with E-state index >= 15 is 0 Å². The van der Waals surface area contributed by atoms with Crippen LogP contribution in [0.15, 0.2) is 59.8 Å². The monoisotopic (exact) mass is 400 g/mol. The second kappa shape index (κ2) is 6.28. The number of nitrogens with one attached hydrogen (secondary N) is 1. The molecule has 0 fully saturated rings. The Hall–Kier alpha value is -3.46. The van der Waals surface area contributed by atoms with Gasteiger partial charge in [0.15, 0.2) is 11.5 Å². The number of fused-ring (bicyclic) bond motifs is 4. The number of aromatic nitrogens is 7. The summed E-state index contributed by atoms with van der Waals surface area (Å²) >= 11 is 1.62. The van der Waals surface area contributed by atoms with Crippen LogP contribution in [0.3, 0.4) is 0 Å². The number of nitrogens with zero attached hydrogens (tertiary/aromatic N) is 7. The first-order valence-electron chi connectivity index (χ1n) is 9.29. The minimum atomic E-state index is -0.0477. The van der Waals surface area contributed by atoms with Gasteiger partial charge in [-0.05, 0) is 41.1 Å².